The number of hydrogen-bond donors (Lipinski definition) is 1. The zero-order valence-corrected chi connectivity index (χ0v) is 10.7. The molecule has 2 N–H and O–H groups in total. The highest BCUT2D eigenvalue weighted by Gasteiger charge is 2.16. The first-order valence-electron chi connectivity index (χ1n) is 5.51. The summed E-state index contributed by atoms with van der Waals surface area (Å²) in [5.41, 5.74) is 6.93. The maximum atomic E-state index is 12.1. The fourth-order valence-electron chi connectivity index (χ4n) is 1.49. The van der Waals surface area contributed by atoms with Crippen molar-refractivity contribution in [1.82, 2.24) is 4.90 Å². The average Bonchev–Trinajstić information content (AvgIpc) is 2.25. The summed E-state index contributed by atoms with van der Waals surface area (Å²) in [6, 6.07) is 5.08. The standard InChI is InChI=1S/C13H18N2O2/c1-8(2)15(4)13(17)11-6-9(3)5-10(7-11)12(14)16/h5-8H,1-4H3,(H2,14,16). The number of nitrogens with two attached hydrogens (primary N) is 1. The van der Waals surface area contributed by atoms with Crippen molar-refractivity contribution in [3.63, 3.8) is 0 Å². The third kappa shape index (κ3) is 3.06. The van der Waals surface area contributed by atoms with Gasteiger partial charge in [0.15, 0.2) is 0 Å². The lowest BCUT2D eigenvalue weighted by Crippen LogP contribution is -2.33. The molecule has 0 aliphatic heterocycles. The predicted molar refractivity (Wildman–Crippen MR) is 66.9 cm³/mol. The first kappa shape index (κ1) is 13.2. The van der Waals surface area contributed by atoms with Crippen molar-refractivity contribution in [2.24, 2.45) is 5.73 Å². The molecular formula is C13H18N2O2. The maximum absolute atomic E-state index is 12.1. The smallest absolute Gasteiger partial charge is 0.253 e. The number of carbonyl (C=O) groups excluding carboxylic acids is 2. The van der Waals surface area contributed by atoms with E-state index in [2.05, 4.69) is 0 Å². The molecule has 4 heteroatoms. The van der Waals surface area contributed by atoms with Crippen molar-refractivity contribution >= 4 is 11.8 Å². The van der Waals surface area contributed by atoms with Crippen LogP contribution in [0.3, 0.4) is 0 Å². The monoisotopic (exact) mass is 234 g/mol. The van der Waals surface area contributed by atoms with E-state index in [0.717, 1.165) is 5.56 Å². The molecule has 92 valence electrons. The van der Waals surface area contributed by atoms with Gasteiger partial charge < -0.3 is 10.6 Å². The summed E-state index contributed by atoms with van der Waals surface area (Å²) in [5.74, 6) is -0.624. The van der Waals surface area contributed by atoms with Gasteiger partial charge in [0.05, 0.1) is 0 Å². The van der Waals surface area contributed by atoms with Crippen LogP contribution < -0.4 is 5.73 Å². The van der Waals surface area contributed by atoms with Gasteiger partial charge >= 0.3 is 0 Å². The number of benzene rings is 1. The van der Waals surface area contributed by atoms with E-state index < -0.39 is 5.91 Å². The molecule has 0 radical (unpaired) electrons. The Hall–Kier alpha value is -1.84. The van der Waals surface area contributed by atoms with E-state index in [1.165, 1.54) is 6.07 Å². The number of amides is 2. The van der Waals surface area contributed by atoms with Gasteiger partial charge in [-0.3, -0.25) is 9.59 Å². The molecule has 4 nitrogen and oxygen atoms in total. The molecule has 1 aromatic carbocycles. The number of carbonyl (C=O) groups is 2. The summed E-state index contributed by atoms with van der Waals surface area (Å²) >= 11 is 0. The van der Waals surface area contributed by atoms with Crippen LogP contribution in [0.15, 0.2) is 18.2 Å². The number of hydrogen-bond acceptors (Lipinski definition) is 2. The maximum Gasteiger partial charge on any atom is 0.253 e. The number of primary amides is 1. The normalized spacial score (nSPS) is 10.4. The first-order chi connectivity index (χ1) is 7.82. The third-order valence-corrected chi connectivity index (χ3v) is 2.70. The van der Waals surface area contributed by atoms with Crippen LogP contribution in [0, 0.1) is 6.92 Å². The molecule has 0 heterocycles. The van der Waals surface area contributed by atoms with Crippen LogP contribution in [-0.2, 0) is 0 Å². The largest absolute Gasteiger partial charge is 0.366 e. The van der Waals surface area contributed by atoms with Gasteiger partial charge in [-0.15, -0.1) is 0 Å². The SMILES string of the molecule is Cc1cc(C(N)=O)cc(C(=O)N(C)C(C)C)c1. The Morgan fingerprint density at radius 1 is 1.18 bits per heavy atom. The topological polar surface area (TPSA) is 63.4 Å². The van der Waals surface area contributed by atoms with E-state index in [1.807, 2.05) is 20.8 Å². The number of aryl methyl sites for hydroxylation is 1. The van der Waals surface area contributed by atoms with Crippen molar-refractivity contribution in [2.75, 3.05) is 7.05 Å². The van der Waals surface area contributed by atoms with Crippen LogP contribution >= 0.6 is 0 Å². The Balaban J connectivity index is 3.14. The minimum atomic E-state index is -0.519. The minimum absolute atomic E-state index is 0.105. The van der Waals surface area contributed by atoms with Crippen LogP contribution in [0.2, 0.25) is 0 Å². The Bertz CT molecular complexity index is 453. The molecule has 1 aromatic rings. The Morgan fingerprint density at radius 3 is 2.18 bits per heavy atom. The van der Waals surface area contributed by atoms with E-state index in [4.69, 9.17) is 5.73 Å². The first-order valence-corrected chi connectivity index (χ1v) is 5.51. The molecule has 0 aliphatic carbocycles. The molecule has 0 saturated carbocycles. The highest BCUT2D eigenvalue weighted by molar-refractivity contribution is 5.99. The molecular weight excluding hydrogens is 216 g/mol. The second-order valence-corrected chi connectivity index (χ2v) is 4.46. The van der Waals surface area contributed by atoms with Crippen molar-refractivity contribution < 1.29 is 9.59 Å². The van der Waals surface area contributed by atoms with E-state index >= 15 is 0 Å². The van der Waals surface area contributed by atoms with Gasteiger partial charge in [-0.1, -0.05) is 0 Å². The van der Waals surface area contributed by atoms with Crippen LogP contribution in [0.4, 0.5) is 0 Å². The van der Waals surface area contributed by atoms with Crippen molar-refractivity contribution in [3.8, 4) is 0 Å². The van der Waals surface area contributed by atoms with Crippen LogP contribution in [0.5, 0.6) is 0 Å². The minimum Gasteiger partial charge on any atom is -0.366 e. The van der Waals surface area contributed by atoms with Gasteiger partial charge in [0.2, 0.25) is 5.91 Å². The van der Waals surface area contributed by atoms with Crippen molar-refractivity contribution in [1.29, 1.82) is 0 Å². The summed E-state index contributed by atoms with van der Waals surface area (Å²) in [6.45, 7) is 5.70. The lowest BCUT2D eigenvalue weighted by atomic mass is 10.0. The van der Waals surface area contributed by atoms with Gasteiger partial charge in [0.25, 0.3) is 5.91 Å². The number of rotatable bonds is 3. The Morgan fingerprint density at radius 2 is 1.71 bits per heavy atom. The molecule has 0 unspecified atom stereocenters. The Labute approximate surface area is 101 Å². The van der Waals surface area contributed by atoms with Gasteiger partial charge in [0.1, 0.15) is 0 Å². The summed E-state index contributed by atoms with van der Waals surface area (Å²) < 4.78 is 0. The van der Waals surface area contributed by atoms with Gasteiger partial charge in [-0.25, -0.2) is 0 Å². The second kappa shape index (κ2) is 4.99. The van der Waals surface area contributed by atoms with Gasteiger partial charge in [0, 0.05) is 24.2 Å². The molecule has 0 aliphatic rings. The fourth-order valence-corrected chi connectivity index (χ4v) is 1.49. The summed E-state index contributed by atoms with van der Waals surface area (Å²) in [4.78, 5) is 24.8. The summed E-state index contributed by atoms with van der Waals surface area (Å²) in [5, 5.41) is 0. The van der Waals surface area contributed by atoms with Crippen LogP contribution in [0.25, 0.3) is 0 Å². The molecule has 0 saturated heterocycles. The average molecular weight is 234 g/mol. The van der Waals surface area contributed by atoms with Gasteiger partial charge in [-0.05, 0) is 44.5 Å². The molecule has 1 rings (SSSR count). The van der Waals surface area contributed by atoms with Crippen molar-refractivity contribution in [3.05, 3.63) is 34.9 Å². The second-order valence-electron chi connectivity index (χ2n) is 4.46. The third-order valence-electron chi connectivity index (χ3n) is 2.70. The van der Waals surface area contributed by atoms with E-state index in [1.54, 1.807) is 24.1 Å². The fraction of sp³-hybridized carbons (Fsp3) is 0.385. The van der Waals surface area contributed by atoms with E-state index in [-0.39, 0.29) is 11.9 Å². The van der Waals surface area contributed by atoms with E-state index in [0.29, 0.717) is 11.1 Å². The Kier molecular flexibility index (Phi) is 3.89. The highest BCUT2D eigenvalue weighted by Crippen LogP contribution is 2.12. The molecule has 0 aromatic heterocycles. The zero-order chi connectivity index (χ0) is 13.2. The van der Waals surface area contributed by atoms with Crippen molar-refractivity contribution in [2.45, 2.75) is 26.8 Å². The predicted octanol–water partition coefficient (Wildman–Crippen LogP) is 1.57. The molecule has 0 spiro atoms. The number of nitrogens with zero attached hydrogens (tertiary/aromatic N) is 1. The van der Waals surface area contributed by atoms with E-state index in [9.17, 15) is 9.59 Å². The molecule has 0 atom stereocenters. The zero-order valence-electron chi connectivity index (χ0n) is 10.7. The molecule has 2 amide bonds. The van der Waals surface area contributed by atoms with Crippen LogP contribution in [0.1, 0.15) is 40.1 Å². The highest BCUT2D eigenvalue weighted by atomic mass is 16.2. The molecule has 17 heavy (non-hydrogen) atoms. The lowest BCUT2D eigenvalue weighted by Gasteiger charge is -2.21. The molecule has 0 bridgehead atoms. The lowest BCUT2D eigenvalue weighted by molar-refractivity contribution is 0.0755. The van der Waals surface area contributed by atoms with Gasteiger partial charge in [-0.2, -0.15) is 0 Å². The van der Waals surface area contributed by atoms with Crippen LogP contribution in [-0.4, -0.2) is 29.8 Å². The quantitative estimate of drug-likeness (QED) is 0.862. The summed E-state index contributed by atoms with van der Waals surface area (Å²) in [6.07, 6.45) is 0. The molecule has 0 fully saturated rings. The summed E-state index contributed by atoms with van der Waals surface area (Å²) in [7, 11) is 1.74.